The van der Waals surface area contributed by atoms with E-state index in [0.717, 1.165) is 0 Å². The molecule has 1 unspecified atom stereocenters. The molecule has 0 aliphatic carbocycles. The summed E-state index contributed by atoms with van der Waals surface area (Å²) in [6.45, 7) is 0.107. The third kappa shape index (κ3) is 1.66. The average Bonchev–Trinajstić information content (AvgIpc) is 2.38. The molecule has 1 atom stereocenters. The van der Waals surface area contributed by atoms with Gasteiger partial charge in [0.2, 0.25) is 5.67 Å². The highest BCUT2D eigenvalue weighted by Gasteiger charge is 2.42. The molecule has 0 spiro atoms. The fraction of sp³-hybridized carbons (Fsp3) is 0.833. The lowest BCUT2D eigenvalue weighted by molar-refractivity contribution is -0.143. The second-order valence-corrected chi connectivity index (χ2v) is 2.40. The molecule has 1 heterocycles. The number of rotatable bonds is 2. The lowest BCUT2D eigenvalue weighted by Gasteiger charge is -2.14. The summed E-state index contributed by atoms with van der Waals surface area (Å²) in [7, 11) is 1.26. The highest BCUT2D eigenvalue weighted by molar-refractivity contribution is 5.84. The van der Waals surface area contributed by atoms with E-state index in [0.29, 0.717) is 0 Å². The fourth-order valence-electron chi connectivity index (χ4n) is 0.903. The minimum Gasteiger partial charge on any atom is -0.377 e. The molecule has 0 aromatic heterocycles. The minimum atomic E-state index is -1.89. The molecule has 4 nitrogen and oxygen atoms in total. The van der Waals surface area contributed by atoms with E-state index < -0.39 is 11.6 Å². The van der Waals surface area contributed by atoms with Crippen LogP contribution in [0, 0.1) is 0 Å². The third-order valence-corrected chi connectivity index (χ3v) is 1.58. The van der Waals surface area contributed by atoms with Gasteiger partial charge in [-0.3, -0.25) is 9.63 Å². The van der Waals surface area contributed by atoms with Gasteiger partial charge in [0.05, 0.1) is 20.3 Å². The van der Waals surface area contributed by atoms with Crippen LogP contribution in [0.25, 0.3) is 0 Å². The van der Waals surface area contributed by atoms with Crippen LogP contribution in [0.3, 0.4) is 0 Å². The first-order chi connectivity index (χ1) is 5.19. The van der Waals surface area contributed by atoms with Crippen LogP contribution in [0.4, 0.5) is 4.39 Å². The maximum atomic E-state index is 13.3. The molecule has 5 heteroatoms. The molecule has 0 bridgehead atoms. The van der Waals surface area contributed by atoms with Gasteiger partial charge in [-0.2, -0.15) is 0 Å². The van der Waals surface area contributed by atoms with E-state index in [1.807, 2.05) is 5.48 Å². The van der Waals surface area contributed by atoms with Crippen molar-refractivity contribution >= 4 is 5.91 Å². The van der Waals surface area contributed by atoms with Crippen LogP contribution in [0.5, 0.6) is 0 Å². The maximum Gasteiger partial charge on any atom is 0.283 e. The zero-order valence-electron chi connectivity index (χ0n) is 6.22. The molecule has 1 fully saturated rings. The monoisotopic (exact) mass is 163 g/mol. The van der Waals surface area contributed by atoms with Crippen molar-refractivity contribution in [2.24, 2.45) is 0 Å². The highest BCUT2D eigenvalue weighted by Crippen LogP contribution is 2.22. The van der Waals surface area contributed by atoms with Gasteiger partial charge in [-0.25, -0.2) is 9.87 Å². The molecule has 0 radical (unpaired) electrons. The maximum absolute atomic E-state index is 13.3. The number of carbonyl (C=O) groups is 1. The average molecular weight is 163 g/mol. The predicted octanol–water partition coefficient (Wildman–Crippen LogP) is -0.207. The van der Waals surface area contributed by atoms with Crippen LogP contribution in [-0.4, -0.2) is 31.9 Å². The Bertz CT molecular complexity index is 156. The summed E-state index contributed by atoms with van der Waals surface area (Å²) < 4.78 is 18.0. The number of alkyl halides is 1. The summed E-state index contributed by atoms with van der Waals surface area (Å²) in [6, 6.07) is 0. The summed E-state index contributed by atoms with van der Waals surface area (Å²) in [6.07, 6.45) is 0.0994. The van der Waals surface area contributed by atoms with E-state index in [1.165, 1.54) is 7.11 Å². The topological polar surface area (TPSA) is 47.6 Å². The quantitative estimate of drug-likeness (QED) is 0.573. The van der Waals surface area contributed by atoms with Crippen molar-refractivity contribution in [2.45, 2.75) is 12.1 Å². The number of amides is 1. The Balaban J connectivity index is 2.49. The summed E-state index contributed by atoms with van der Waals surface area (Å²) in [5.41, 5.74) is 0.0412. The minimum absolute atomic E-state index is 0.0994. The van der Waals surface area contributed by atoms with Gasteiger partial charge in [0.15, 0.2) is 0 Å². The molecule has 0 saturated carbocycles. The van der Waals surface area contributed by atoms with Crippen molar-refractivity contribution in [3.8, 4) is 0 Å². The molecular weight excluding hydrogens is 153 g/mol. The second kappa shape index (κ2) is 3.15. The summed E-state index contributed by atoms with van der Waals surface area (Å²) in [5, 5.41) is 0. The zero-order chi connectivity index (χ0) is 8.32. The standard InChI is InChI=1S/C6H10FNO3/c1-10-8-5(9)6(7)2-3-11-4-6/h2-4H2,1H3,(H,8,9). The van der Waals surface area contributed by atoms with Crippen LogP contribution in [0.15, 0.2) is 0 Å². The number of hydrogen-bond acceptors (Lipinski definition) is 3. The van der Waals surface area contributed by atoms with Crippen LogP contribution in [-0.2, 0) is 14.4 Å². The van der Waals surface area contributed by atoms with Crippen LogP contribution < -0.4 is 5.48 Å². The smallest absolute Gasteiger partial charge is 0.283 e. The lowest BCUT2D eigenvalue weighted by Crippen LogP contribution is -2.43. The molecule has 11 heavy (non-hydrogen) atoms. The molecule has 0 aromatic rings. The number of hydroxylamine groups is 1. The summed E-state index contributed by atoms with van der Waals surface area (Å²) >= 11 is 0. The van der Waals surface area contributed by atoms with Gasteiger partial charge in [0.1, 0.15) is 0 Å². The molecule has 1 amide bonds. The van der Waals surface area contributed by atoms with Gasteiger partial charge >= 0.3 is 0 Å². The second-order valence-electron chi connectivity index (χ2n) is 2.40. The van der Waals surface area contributed by atoms with Gasteiger partial charge in [0, 0.05) is 6.42 Å². The van der Waals surface area contributed by atoms with Gasteiger partial charge in [-0.15, -0.1) is 0 Å². The van der Waals surface area contributed by atoms with Gasteiger partial charge in [-0.05, 0) is 0 Å². The molecule has 1 aliphatic rings. The number of ether oxygens (including phenoxy) is 1. The van der Waals surface area contributed by atoms with E-state index in [4.69, 9.17) is 4.74 Å². The van der Waals surface area contributed by atoms with Crippen molar-refractivity contribution in [2.75, 3.05) is 20.3 Å². The Morgan fingerprint density at radius 3 is 3.00 bits per heavy atom. The van der Waals surface area contributed by atoms with Crippen LogP contribution >= 0.6 is 0 Å². The van der Waals surface area contributed by atoms with E-state index in [-0.39, 0.29) is 19.6 Å². The lowest BCUT2D eigenvalue weighted by atomic mass is 10.1. The van der Waals surface area contributed by atoms with Crippen LogP contribution in [0.1, 0.15) is 6.42 Å². The third-order valence-electron chi connectivity index (χ3n) is 1.58. The summed E-state index contributed by atoms with van der Waals surface area (Å²) in [5.74, 6) is -0.766. The molecular formula is C6H10FNO3. The number of hydrogen-bond donors (Lipinski definition) is 1. The van der Waals surface area contributed by atoms with Crippen molar-refractivity contribution < 1.29 is 18.8 Å². The normalized spacial score (nSPS) is 30.4. The SMILES string of the molecule is CONC(=O)C1(F)CCOC1. The Morgan fingerprint density at radius 1 is 1.82 bits per heavy atom. The van der Waals surface area contributed by atoms with Crippen molar-refractivity contribution in [3.05, 3.63) is 0 Å². The van der Waals surface area contributed by atoms with Gasteiger partial charge in [0.25, 0.3) is 5.91 Å². The Labute approximate surface area is 63.6 Å². The van der Waals surface area contributed by atoms with E-state index in [2.05, 4.69) is 4.84 Å². The summed E-state index contributed by atoms with van der Waals surface area (Å²) in [4.78, 5) is 15.2. The van der Waals surface area contributed by atoms with Crippen molar-refractivity contribution in [1.29, 1.82) is 0 Å². The van der Waals surface area contributed by atoms with Gasteiger partial charge in [-0.1, -0.05) is 0 Å². The Kier molecular flexibility index (Phi) is 2.41. The highest BCUT2D eigenvalue weighted by atomic mass is 19.1. The number of carbonyl (C=O) groups excluding carboxylic acids is 1. The van der Waals surface area contributed by atoms with Crippen LogP contribution in [0.2, 0.25) is 0 Å². The first-order valence-electron chi connectivity index (χ1n) is 3.29. The zero-order valence-corrected chi connectivity index (χ0v) is 6.22. The number of halogens is 1. The Morgan fingerprint density at radius 2 is 2.55 bits per heavy atom. The predicted molar refractivity (Wildman–Crippen MR) is 34.4 cm³/mol. The largest absolute Gasteiger partial charge is 0.377 e. The molecule has 64 valence electrons. The fourth-order valence-corrected chi connectivity index (χ4v) is 0.903. The van der Waals surface area contributed by atoms with E-state index in [9.17, 15) is 9.18 Å². The molecule has 1 aliphatic heterocycles. The first-order valence-corrected chi connectivity index (χ1v) is 3.29. The van der Waals surface area contributed by atoms with Crippen molar-refractivity contribution in [3.63, 3.8) is 0 Å². The first kappa shape index (κ1) is 8.42. The molecule has 1 rings (SSSR count). The van der Waals surface area contributed by atoms with Gasteiger partial charge < -0.3 is 4.74 Å². The molecule has 1 saturated heterocycles. The van der Waals surface area contributed by atoms with E-state index >= 15 is 0 Å². The number of nitrogens with one attached hydrogen (secondary N) is 1. The van der Waals surface area contributed by atoms with Crippen molar-refractivity contribution in [1.82, 2.24) is 5.48 Å². The van der Waals surface area contributed by atoms with E-state index in [1.54, 1.807) is 0 Å². The Hall–Kier alpha value is -0.680. The molecule has 1 N–H and O–H groups in total. The molecule has 0 aromatic carbocycles.